The van der Waals surface area contributed by atoms with Gasteiger partial charge in [0.25, 0.3) is 0 Å². The van der Waals surface area contributed by atoms with Crippen molar-refractivity contribution in [2.24, 2.45) is 0 Å². The topological polar surface area (TPSA) is 53.1 Å². The fraction of sp³-hybridized carbons (Fsp3) is 0. The van der Waals surface area contributed by atoms with Crippen molar-refractivity contribution in [3.8, 4) is 0 Å². The quantitative estimate of drug-likeness (QED) is 0.846. The Morgan fingerprint density at radius 1 is 1.43 bits per heavy atom. The molecule has 0 unspecified atom stereocenters. The maximum absolute atomic E-state index is 10.9. The normalized spacial score (nSPS) is 10.7. The lowest BCUT2D eigenvalue weighted by Crippen LogP contribution is -1.99. The number of benzene rings is 1. The first-order valence-corrected chi connectivity index (χ1v) is 5.38. The lowest BCUT2D eigenvalue weighted by molar-refractivity contribution is 0.0695. The van der Waals surface area contributed by atoms with Crippen molar-refractivity contribution in [1.82, 2.24) is 4.98 Å². The second-order valence-electron chi connectivity index (χ2n) is 2.79. The van der Waals surface area contributed by atoms with Gasteiger partial charge in [-0.25, -0.2) is 4.79 Å². The Kier molecular flexibility index (Phi) is 2.36. The van der Waals surface area contributed by atoms with Crippen molar-refractivity contribution in [1.29, 1.82) is 0 Å². The van der Waals surface area contributed by atoms with E-state index in [1.807, 2.05) is 6.07 Å². The number of aromatic nitrogens is 1. The number of aromatic carboxylic acids is 1. The molecule has 0 atom stereocenters. The Labute approximate surface area is 96.4 Å². The van der Waals surface area contributed by atoms with Gasteiger partial charge >= 0.3 is 5.97 Å². The van der Waals surface area contributed by atoms with Crippen LogP contribution < -0.4 is 0 Å². The van der Waals surface area contributed by atoms with Gasteiger partial charge in [-0.2, -0.15) is 0 Å². The smallest absolute Gasteiger partial charge is 0.338 e. The summed E-state index contributed by atoms with van der Waals surface area (Å²) in [4.78, 5) is 14.0. The number of aromatic amines is 1. The molecule has 1 aromatic heterocycles. The molecule has 0 spiro atoms. The first-order chi connectivity index (χ1) is 6.61. The molecule has 2 aromatic rings. The highest BCUT2D eigenvalue weighted by molar-refractivity contribution is 9.11. The molecule has 0 bridgehead atoms. The fourth-order valence-electron chi connectivity index (χ4n) is 1.33. The number of nitrogens with one attached hydrogen (secondary N) is 1. The molecular weight excluding hydrogens is 314 g/mol. The van der Waals surface area contributed by atoms with Crippen LogP contribution in [-0.4, -0.2) is 16.1 Å². The fourth-order valence-corrected chi connectivity index (χ4v) is 2.92. The van der Waals surface area contributed by atoms with Crippen molar-refractivity contribution in [3.63, 3.8) is 0 Å². The van der Waals surface area contributed by atoms with Crippen LogP contribution in [0.15, 0.2) is 27.3 Å². The largest absolute Gasteiger partial charge is 0.478 e. The Hall–Kier alpha value is -0.810. The molecule has 0 aliphatic rings. The molecule has 0 saturated heterocycles. The standard InChI is InChI=1S/C9H5Br2NO2/c10-5-3-6-4(1-2-12-6)8(11)7(5)9(13)14/h1-3,12H,(H,13,14). The molecule has 0 aliphatic carbocycles. The van der Waals surface area contributed by atoms with E-state index in [1.54, 1.807) is 12.3 Å². The molecule has 3 nitrogen and oxygen atoms in total. The van der Waals surface area contributed by atoms with E-state index in [9.17, 15) is 4.79 Å². The Balaban J connectivity index is 2.89. The maximum atomic E-state index is 10.9. The van der Waals surface area contributed by atoms with Crippen molar-refractivity contribution in [2.75, 3.05) is 0 Å². The molecule has 0 amide bonds. The van der Waals surface area contributed by atoms with Crippen molar-refractivity contribution >= 4 is 48.7 Å². The third kappa shape index (κ3) is 1.36. The van der Waals surface area contributed by atoms with Gasteiger partial charge in [0.05, 0.1) is 5.56 Å². The molecule has 2 N–H and O–H groups in total. The predicted octanol–water partition coefficient (Wildman–Crippen LogP) is 3.39. The number of carbonyl (C=O) groups is 1. The summed E-state index contributed by atoms with van der Waals surface area (Å²) in [6.07, 6.45) is 1.77. The predicted molar refractivity (Wildman–Crippen MR) is 60.7 cm³/mol. The number of H-pyrrole nitrogens is 1. The molecule has 0 aliphatic heterocycles. The minimum Gasteiger partial charge on any atom is -0.478 e. The van der Waals surface area contributed by atoms with Crippen LogP contribution in [0.5, 0.6) is 0 Å². The number of rotatable bonds is 1. The van der Waals surface area contributed by atoms with Crippen LogP contribution in [0, 0.1) is 0 Å². The number of halogens is 2. The zero-order valence-corrected chi connectivity index (χ0v) is 10.0. The van der Waals surface area contributed by atoms with Gasteiger partial charge in [-0.15, -0.1) is 0 Å². The molecule has 0 fully saturated rings. The molecule has 1 heterocycles. The molecule has 14 heavy (non-hydrogen) atoms. The third-order valence-corrected chi connectivity index (χ3v) is 3.41. The minimum absolute atomic E-state index is 0.247. The van der Waals surface area contributed by atoms with Gasteiger partial charge in [0.1, 0.15) is 0 Å². The van der Waals surface area contributed by atoms with Crippen molar-refractivity contribution in [3.05, 3.63) is 32.8 Å². The maximum Gasteiger partial charge on any atom is 0.338 e. The van der Waals surface area contributed by atoms with E-state index in [0.717, 1.165) is 10.9 Å². The van der Waals surface area contributed by atoms with Crippen molar-refractivity contribution < 1.29 is 9.90 Å². The average Bonchev–Trinajstić information content (AvgIpc) is 2.50. The first kappa shape index (κ1) is 9.73. The van der Waals surface area contributed by atoms with E-state index >= 15 is 0 Å². The summed E-state index contributed by atoms with van der Waals surface area (Å²) >= 11 is 6.50. The van der Waals surface area contributed by atoms with E-state index in [1.165, 1.54) is 0 Å². The van der Waals surface area contributed by atoms with Crippen molar-refractivity contribution in [2.45, 2.75) is 0 Å². The summed E-state index contributed by atoms with van der Waals surface area (Å²) < 4.78 is 1.16. The second-order valence-corrected chi connectivity index (χ2v) is 4.44. The lowest BCUT2D eigenvalue weighted by atomic mass is 10.1. The van der Waals surface area contributed by atoms with Crippen LogP contribution in [0.4, 0.5) is 0 Å². The summed E-state index contributed by atoms with van der Waals surface area (Å²) in [6, 6.07) is 3.59. The third-order valence-electron chi connectivity index (χ3n) is 1.96. The van der Waals surface area contributed by atoms with E-state index in [4.69, 9.17) is 5.11 Å². The molecular formula is C9H5Br2NO2. The summed E-state index contributed by atoms with van der Waals surface area (Å²) in [6.45, 7) is 0. The molecule has 5 heteroatoms. The highest BCUT2D eigenvalue weighted by atomic mass is 79.9. The highest BCUT2D eigenvalue weighted by Crippen LogP contribution is 2.32. The van der Waals surface area contributed by atoms with E-state index in [0.29, 0.717) is 8.95 Å². The number of hydrogen-bond donors (Lipinski definition) is 2. The van der Waals surface area contributed by atoms with E-state index in [2.05, 4.69) is 36.8 Å². The molecule has 2 rings (SSSR count). The van der Waals surface area contributed by atoms with Gasteiger partial charge in [-0.1, -0.05) is 0 Å². The van der Waals surface area contributed by atoms with Gasteiger partial charge in [-0.05, 0) is 44.0 Å². The average molecular weight is 319 g/mol. The zero-order valence-electron chi connectivity index (χ0n) is 6.84. The van der Waals surface area contributed by atoms with Gasteiger partial charge in [0, 0.05) is 26.0 Å². The number of carboxylic acids is 1. The molecule has 0 saturated carbocycles. The zero-order chi connectivity index (χ0) is 10.3. The van der Waals surface area contributed by atoms with E-state index < -0.39 is 5.97 Å². The van der Waals surface area contributed by atoms with Crippen LogP contribution in [0.2, 0.25) is 0 Å². The molecule has 72 valence electrons. The van der Waals surface area contributed by atoms with Gasteiger partial charge in [0.2, 0.25) is 0 Å². The number of carboxylic acid groups (broad SMARTS) is 1. The first-order valence-electron chi connectivity index (χ1n) is 3.79. The van der Waals surface area contributed by atoms with Crippen LogP contribution >= 0.6 is 31.9 Å². The number of fused-ring (bicyclic) bond motifs is 1. The summed E-state index contributed by atoms with van der Waals surface area (Å²) in [5.74, 6) is -0.952. The monoisotopic (exact) mass is 317 g/mol. The second kappa shape index (κ2) is 3.40. The lowest BCUT2D eigenvalue weighted by Gasteiger charge is -2.03. The van der Waals surface area contributed by atoms with E-state index in [-0.39, 0.29) is 5.56 Å². The summed E-state index contributed by atoms with van der Waals surface area (Å²) in [5, 5.41) is 9.84. The van der Waals surface area contributed by atoms with Crippen LogP contribution in [0.1, 0.15) is 10.4 Å². The molecule has 1 aromatic carbocycles. The highest BCUT2D eigenvalue weighted by Gasteiger charge is 2.16. The summed E-state index contributed by atoms with van der Waals surface area (Å²) in [5.41, 5.74) is 1.14. The van der Waals surface area contributed by atoms with Gasteiger partial charge in [-0.3, -0.25) is 0 Å². The Morgan fingerprint density at radius 2 is 2.14 bits per heavy atom. The minimum atomic E-state index is -0.952. The summed E-state index contributed by atoms with van der Waals surface area (Å²) in [7, 11) is 0. The van der Waals surface area contributed by atoms with Gasteiger partial charge < -0.3 is 10.1 Å². The Morgan fingerprint density at radius 3 is 2.79 bits per heavy atom. The van der Waals surface area contributed by atoms with Gasteiger partial charge in [0.15, 0.2) is 0 Å². The SMILES string of the molecule is O=C(O)c1c(Br)cc2[nH]ccc2c1Br. The number of hydrogen-bond acceptors (Lipinski definition) is 1. The van der Waals surface area contributed by atoms with Crippen LogP contribution in [0.3, 0.4) is 0 Å². The van der Waals surface area contributed by atoms with Crippen LogP contribution in [-0.2, 0) is 0 Å². The molecule has 0 radical (unpaired) electrons. The Bertz CT molecular complexity index is 519. The van der Waals surface area contributed by atoms with Crippen LogP contribution in [0.25, 0.3) is 10.9 Å².